The molecule has 1 fully saturated rings. The Morgan fingerprint density at radius 3 is 2.40 bits per heavy atom. The molecule has 1 aromatic rings. The number of hydrogen-bond acceptors (Lipinski definition) is 3. The zero-order valence-corrected chi connectivity index (χ0v) is 13.3. The second-order valence-corrected chi connectivity index (χ2v) is 8.11. The van der Waals surface area contributed by atoms with E-state index in [2.05, 4.69) is 19.2 Å². The van der Waals surface area contributed by atoms with Gasteiger partial charge in [-0.2, -0.15) is 4.31 Å². The van der Waals surface area contributed by atoms with Crippen molar-refractivity contribution in [3.05, 3.63) is 29.8 Å². The Bertz CT molecular complexity index is 557. The first-order valence-electron chi connectivity index (χ1n) is 7.09. The molecule has 1 aliphatic heterocycles. The zero-order valence-electron chi connectivity index (χ0n) is 12.5. The molecule has 2 rings (SSSR count). The summed E-state index contributed by atoms with van der Waals surface area (Å²) < 4.78 is 27.2. The molecule has 4 nitrogen and oxygen atoms in total. The van der Waals surface area contributed by atoms with Crippen LogP contribution in [0, 0.1) is 5.41 Å². The molecule has 0 amide bonds. The zero-order chi connectivity index (χ0) is 14.8. The van der Waals surface area contributed by atoms with Crippen molar-refractivity contribution in [2.24, 2.45) is 5.41 Å². The maximum Gasteiger partial charge on any atom is 0.243 e. The quantitative estimate of drug-likeness (QED) is 0.927. The Morgan fingerprint density at radius 2 is 1.80 bits per heavy atom. The highest BCUT2D eigenvalue weighted by atomic mass is 32.2. The molecule has 1 aromatic carbocycles. The van der Waals surface area contributed by atoms with Gasteiger partial charge in [-0.3, -0.25) is 0 Å². The predicted molar refractivity (Wildman–Crippen MR) is 81.0 cm³/mol. The topological polar surface area (TPSA) is 49.4 Å². The fraction of sp³-hybridized carbons (Fsp3) is 0.600. The van der Waals surface area contributed by atoms with E-state index >= 15 is 0 Å². The first-order chi connectivity index (χ1) is 9.37. The summed E-state index contributed by atoms with van der Waals surface area (Å²) in [6.07, 6.45) is 1.83. The van der Waals surface area contributed by atoms with Crippen LogP contribution in [0.25, 0.3) is 0 Å². The number of benzene rings is 1. The van der Waals surface area contributed by atoms with Gasteiger partial charge < -0.3 is 5.32 Å². The van der Waals surface area contributed by atoms with Crippen LogP contribution in [0.15, 0.2) is 29.2 Å². The number of nitrogens with zero attached hydrogens (tertiary/aromatic N) is 1. The Labute approximate surface area is 122 Å². The monoisotopic (exact) mass is 296 g/mol. The lowest BCUT2D eigenvalue weighted by Crippen LogP contribution is -2.41. The number of rotatable bonds is 4. The van der Waals surface area contributed by atoms with E-state index in [-0.39, 0.29) is 5.41 Å². The molecule has 0 aromatic heterocycles. The second-order valence-electron chi connectivity index (χ2n) is 6.21. The standard InChI is InChI=1S/C15H24N2O2S/c1-15(2)8-10-17(11-9-15)20(18,19)14-7-5-4-6-13(14)12-16-3/h4-7,16H,8-12H2,1-3H3. The van der Waals surface area contributed by atoms with Crippen molar-refractivity contribution >= 4 is 10.0 Å². The SMILES string of the molecule is CNCc1ccccc1S(=O)(=O)N1CCC(C)(C)CC1. The third-order valence-electron chi connectivity index (χ3n) is 4.03. The van der Waals surface area contributed by atoms with E-state index in [1.807, 2.05) is 19.2 Å². The van der Waals surface area contributed by atoms with Gasteiger partial charge in [0.25, 0.3) is 0 Å². The molecule has 0 saturated carbocycles. The van der Waals surface area contributed by atoms with E-state index < -0.39 is 10.0 Å². The number of sulfonamides is 1. The maximum atomic E-state index is 12.8. The van der Waals surface area contributed by atoms with Gasteiger partial charge in [0.1, 0.15) is 0 Å². The van der Waals surface area contributed by atoms with Gasteiger partial charge in [-0.15, -0.1) is 0 Å². The smallest absolute Gasteiger partial charge is 0.243 e. The Kier molecular flexibility index (Phi) is 4.52. The molecule has 1 saturated heterocycles. The summed E-state index contributed by atoms with van der Waals surface area (Å²) in [7, 11) is -1.55. The molecule has 0 radical (unpaired) electrons. The van der Waals surface area contributed by atoms with E-state index in [1.54, 1.807) is 16.4 Å². The summed E-state index contributed by atoms with van der Waals surface area (Å²) in [6, 6.07) is 7.25. The lowest BCUT2D eigenvalue weighted by atomic mass is 9.83. The Balaban J connectivity index is 2.27. The van der Waals surface area contributed by atoms with Crippen LogP contribution in [0.2, 0.25) is 0 Å². The highest BCUT2D eigenvalue weighted by Crippen LogP contribution is 2.32. The van der Waals surface area contributed by atoms with Crippen LogP contribution in [0.4, 0.5) is 0 Å². The first kappa shape index (κ1) is 15.5. The van der Waals surface area contributed by atoms with Gasteiger partial charge in [0.15, 0.2) is 0 Å². The molecule has 112 valence electrons. The van der Waals surface area contributed by atoms with Gasteiger partial charge in [-0.1, -0.05) is 32.0 Å². The molecule has 0 aliphatic carbocycles. The van der Waals surface area contributed by atoms with E-state index in [1.165, 1.54) is 0 Å². The largest absolute Gasteiger partial charge is 0.316 e. The second kappa shape index (κ2) is 5.84. The number of piperidine rings is 1. The van der Waals surface area contributed by atoms with Crippen molar-refractivity contribution in [3.8, 4) is 0 Å². The fourth-order valence-corrected chi connectivity index (χ4v) is 4.23. The summed E-state index contributed by atoms with van der Waals surface area (Å²) in [5, 5.41) is 3.03. The summed E-state index contributed by atoms with van der Waals surface area (Å²) in [5.41, 5.74) is 1.08. The van der Waals surface area contributed by atoms with Crippen LogP contribution in [0.1, 0.15) is 32.3 Å². The average Bonchev–Trinajstić information content (AvgIpc) is 2.39. The molecule has 1 N–H and O–H groups in total. The average molecular weight is 296 g/mol. The van der Waals surface area contributed by atoms with Gasteiger partial charge in [-0.05, 0) is 36.9 Å². The van der Waals surface area contributed by atoms with E-state index in [0.29, 0.717) is 24.5 Å². The van der Waals surface area contributed by atoms with Crippen molar-refractivity contribution in [3.63, 3.8) is 0 Å². The maximum absolute atomic E-state index is 12.8. The molecule has 0 atom stereocenters. The summed E-state index contributed by atoms with van der Waals surface area (Å²) in [5.74, 6) is 0. The van der Waals surface area contributed by atoms with Crippen LogP contribution < -0.4 is 5.32 Å². The minimum atomic E-state index is -3.37. The van der Waals surface area contributed by atoms with Gasteiger partial charge in [0.05, 0.1) is 4.90 Å². The van der Waals surface area contributed by atoms with E-state index in [0.717, 1.165) is 18.4 Å². The third-order valence-corrected chi connectivity index (χ3v) is 6.03. The molecule has 0 spiro atoms. The van der Waals surface area contributed by atoms with Gasteiger partial charge in [0, 0.05) is 19.6 Å². The lowest BCUT2D eigenvalue weighted by molar-refractivity contribution is 0.196. The van der Waals surface area contributed by atoms with E-state index in [9.17, 15) is 8.42 Å². The Morgan fingerprint density at radius 1 is 1.20 bits per heavy atom. The van der Waals surface area contributed by atoms with Crippen molar-refractivity contribution in [1.82, 2.24) is 9.62 Å². The van der Waals surface area contributed by atoms with Crippen LogP contribution in [-0.2, 0) is 16.6 Å². The minimum Gasteiger partial charge on any atom is -0.316 e. The summed E-state index contributed by atoms with van der Waals surface area (Å²) in [6.45, 7) is 6.19. The van der Waals surface area contributed by atoms with Gasteiger partial charge >= 0.3 is 0 Å². The molecule has 20 heavy (non-hydrogen) atoms. The third kappa shape index (κ3) is 3.22. The summed E-state index contributed by atoms with van der Waals surface area (Å²) >= 11 is 0. The van der Waals surface area contributed by atoms with E-state index in [4.69, 9.17) is 0 Å². The fourth-order valence-electron chi connectivity index (χ4n) is 2.56. The molecule has 0 unspecified atom stereocenters. The molecular formula is C15H24N2O2S. The number of nitrogens with one attached hydrogen (secondary N) is 1. The van der Waals surface area contributed by atoms with Crippen LogP contribution in [-0.4, -0.2) is 32.9 Å². The first-order valence-corrected chi connectivity index (χ1v) is 8.53. The number of hydrogen-bond donors (Lipinski definition) is 1. The molecular weight excluding hydrogens is 272 g/mol. The molecule has 0 bridgehead atoms. The highest BCUT2D eigenvalue weighted by molar-refractivity contribution is 7.89. The molecule has 1 heterocycles. The van der Waals surface area contributed by atoms with Crippen molar-refractivity contribution < 1.29 is 8.42 Å². The molecule has 5 heteroatoms. The van der Waals surface area contributed by atoms with Crippen LogP contribution in [0.5, 0.6) is 0 Å². The minimum absolute atomic E-state index is 0.247. The van der Waals surface area contributed by atoms with Gasteiger partial charge in [-0.25, -0.2) is 8.42 Å². The lowest BCUT2D eigenvalue weighted by Gasteiger charge is -2.36. The van der Waals surface area contributed by atoms with Crippen molar-refractivity contribution in [2.75, 3.05) is 20.1 Å². The van der Waals surface area contributed by atoms with Crippen LogP contribution >= 0.6 is 0 Å². The van der Waals surface area contributed by atoms with Crippen molar-refractivity contribution in [1.29, 1.82) is 0 Å². The Hall–Kier alpha value is -0.910. The normalized spacial score (nSPS) is 19.9. The van der Waals surface area contributed by atoms with Crippen LogP contribution in [0.3, 0.4) is 0 Å². The predicted octanol–water partition coefficient (Wildman–Crippen LogP) is 2.22. The summed E-state index contributed by atoms with van der Waals surface area (Å²) in [4.78, 5) is 0.439. The van der Waals surface area contributed by atoms with Crippen molar-refractivity contribution in [2.45, 2.75) is 38.1 Å². The van der Waals surface area contributed by atoms with Gasteiger partial charge in [0.2, 0.25) is 10.0 Å². The highest BCUT2D eigenvalue weighted by Gasteiger charge is 2.33. The molecule has 1 aliphatic rings.